The zero-order chi connectivity index (χ0) is 20.8. The summed E-state index contributed by atoms with van der Waals surface area (Å²) in [7, 11) is 0. The average Bonchev–Trinajstić information content (AvgIpc) is 3.32. The van der Waals surface area contributed by atoms with Gasteiger partial charge in [0.1, 0.15) is 0 Å². The Balaban J connectivity index is 0.000000937. The molecular formula is C28H28N2. The van der Waals surface area contributed by atoms with Gasteiger partial charge in [-0.3, -0.25) is 0 Å². The summed E-state index contributed by atoms with van der Waals surface area (Å²) in [5.41, 5.74) is 12.2. The minimum Gasteiger partial charge on any atom is -0.358 e. The molecule has 0 radical (unpaired) electrons. The van der Waals surface area contributed by atoms with E-state index in [-0.39, 0.29) is 0 Å². The molecule has 0 saturated carbocycles. The molecule has 5 aromatic rings. The van der Waals surface area contributed by atoms with Crippen molar-refractivity contribution in [3.05, 3.63) is 88.1 Å². The SMILES string of the molecule is C/C=C\c1c(C)[nH]c2c3c(ccc12)Cc1c(ccc2c1[nH]c1ccccc12)C3.CC. The van der Waals surface area contributed by atoms with Gasteiger partial charge in [-0.1, -0.05) is 68.5 Å². The quantitative estimate of drug-likeness (QED) is 0.288. The van der Waals surface area contributed by atoms with Crippen LogP contribution in [0.25, 0.3) is 38.8 Å². The molecule has 0 aliphatic heterocycles. The largest absolute Gasteiger partial charge is 0.358 e. The third kappa shape index (κ3) is 2.64. The van der Waals surface area contributed by atoms with Crippen molar-refractivity contribution in [1.82, 2.24) is 9.97 Å². The second-order valence-electron chi connectivity index (χ2n) is 7.94. The number of nitrogens with one attached hydrogen (secondary N) is 2. The van der Waals surface area contributed by atoms with Gasteiger partial charge in [-0.25, -0.2) is 0 Å². The molecule has 150 valence electrons. The van der Waals surface area contributed by atoms with Crippen molar-refractivity contribution in [1.29, 1.82) is 0 Å². The van der Waals surface area contributed by atoms with E-state index in [0.29, 0.717) is 0 Å². The fourth-order valence-corrected chi connectivity index (χ4v) is 5.03. The number of fused-ring (bicyclic) bond motifs is 8. The summed E-state index contributed by atoms with van der Waals surface area (Å²) in [6.45, 7) is 8.25. The summed E-state index contributed by atoms with van der Waals surface area (Å²) >= 11 is 0. The van der Waals surface area contributed by atoms with Gasteiger partial charge in [0.15, 0.2) is 0 Å². The Hall–Kier alpha value is -3.26. The van der Waals surface area contributed by atoms with Crippen LogP contribution in [0.1, 0.15) is 54.3 Å². The van der Waals surface area contributed by atoms with E-state index in [4.69, 9.17) is 0 Å². The first-order valence-corrected chi connectivity index (χ1v) is 11.0. The summed E-state index contributed by atoms with van der Waals surface area (Å²) in [5.74, 6) is 0. The fraction of sp³-hybridized carbons (Fsp3) is 0.214. The lowest BCUT2D eigenvalue weighted by atomic mass is 9.83. The summed E-state index contributed by atoms with van der Waals surface area (Å²) in [6, 6.07) is 17.9. The first-order valence-electron chi connectivity index (χ1n) is 11.0. The van der Waals surface area contributed by atoms with Crippen LogP contribution in [-0.2, 0) is 12.8 Å². The van der Waals surface area contributed by atoms with Gasteiger partial charge >= 0.3 is 0 Å². The van der Waals surface area contributed by atoms with Gasteiger partial charge in [-0.2, -0.15) is 0 Å². The number of hydrogen-bond acceptors (Lipinski definition) is 0. The van der Waals surface area contributed by atoms with Crippen LogP contribution in [0.15, 0.2) is 54.6 Å². The normalized spacial score (nSPS) is 12.9. The predicted octanol–water partition coefficient (Wildman–Crippen LogP) is 7.67. The highest BCUT2D eigenvalue weighted by atomic mass is 14.7. The molecule has 3 aromatic carbocycles. The van der Waals surface area contributed by atoms with Crippen LogP contribution in [0.2, 0.25) is 0 Å². The standard InChI is InChI=1S/C26H22N2.C2H6/c1-3-6-18-15(2)27-25-20(18)11-9-16-14-23-17(13-22(16)25)10-12-21-19-7-4-5-8-24(19)28-26(21)23;1-2/h3-12,27-28H,13-14H2,1-2H3;1-2H3/b6-3-;. The molecule has 0 bridgehead atoms. The number of benzene rings is 3. The topological polar surface area (TPSA) is 31.6 Å². The van der Waals surface area contributed by atoms with Crippen molar-refractivity contribution in [2.75, 3.05) is 0 Å². The second kappa shape index (κ2) is 7.21. The fourth-order valence-electron chi connectivity index (χ4n) is 5.03. The smallest absolute Gasteiger partial charge is 0.0503 e. The number of H-pyrrole nitrogens is 2. The molecule has 0 spiro atoms. The Kier molecular flexibility index (Phi) is 4.51. The minimum absolute atomic E-state index is 0.988. The lowest BCUT2D eigenvalue weighted by molar-refractivity contribution is 1.02. The van der Waals surface area contributed by atoms with Gasteiger partial charge in [-0.15, -0.1) is 0 Å². The van der Waals surface area contributed by atoms with Gasteiger partial charge < -0.3 is 9.97 Å². The van der Waals surface area contributed by atoms with Crippen LogP contribution < -0.4 is 0 Å². The van der Waals surface area contributed by atoms with Crippen LogP contribution >= 0.6 is 0 Å². The van der Waals surface area contributed by atoms with E-state index in [9.17, 15) is 0 Å². The molecule has 0 saturated heterocycles. The molecule has 2 heterocycles. The van der Waals surface area contributed by atoms with Crippen molar-refractivity contribution in [2.24, 2.45) is 0 Å². The van der Waals surface area contributed by atoms with E-state index in [1.165, 1.54) is 66.2 Å². The summed E-state index contributed by atoms with van der Waals surface area (Å²) in [5, 5.41) is 3.99. The first kappa shape index (κ1) is 18.7. The number of aromatic amines is 2. The summed E-state index contributed by atoms with van der Waals surface area (Å²) in [4.78, 5) is 7.36. The van der Waals surface area contributed by atoms with Crippen molar-refractivity contribution in [2.45, 2.75) is 40.5 Å². The molecule has 1 aliphatic rings. The maximum atomic E-state index is 3.69. The molecule has 0 unspecified atom stereocenters. The molecule has 30 heavy (non-hydrogen) atoms. The third-order valence-corrected chi connectivity index (χ3v) is 6.37. The maximum absolute atomic E-state index is 3.69. The van der Waals surface area contributed by atoms with Crippen molar-refractivity contribution < 1.29 is 0 Å². The minimum atomic E-state index is 0.988. The monoisotopic (exact) mass is 392 g/mol. The number of allylic oxidation sites excluding steroid dienone is 1. The van der Waals surface area contributed by atoms with Crippen molar-refractivity contribution in [3.63, 3.8) is 0 Å². The Bertz CT molecular complexity index is 1430. The summed E-state index contributed by atoms with van der Waals surface area (Å²) in [6.07, 6.45) is 6.31. The molecule has 0 fully saturated rings. The van der Waals surface area contributed by atoms with Crippen molar-refractivity contribution >= 4 is 38.8 Å². The van der Waals surface area contributed by atoms with Gasteiger partial charge in [0, 0.05) is 45.8 Å². The van der Waals surface area contributed by atoms with Crippen molar-refractivity contribution in [3.8, 4) is 0 Å². The highest BCUT2D eigenvalue weighted by molar-refractivity contribution is 6.08. The Morgan fingerprint density at radius 3 is 2.07 bits per heavy atom. The summed E-state index contributed by atoms with van der Waals surface area (Å²) < 4.78 is 0. The highest BCUT2D eigenvalue weighted by Gasteiger charge is 2.22. The zero-order valence-corrected chi connectivity index (χ0v) is 18.2. The van der Waals surface area contributed by atoms with Crippen LogP contribution in [0.5, 0.6) is 0 Å². The van der Waals surface area contributed by atoms with E-state index in [2.05, 4.69) is 84.5 Å². The number of aryl methyl sites for hydroxylation is 1. The predicted molar refractivity (Wildman–Crippen MR) is 131 cm³/mol. The average molecular weight is 393 g/mol. The van der Waals surface area contributed by atoms with Gasteiger partial charge in [0.2, 0.25) is 0 Å². The van der Waals surface area contributed by atoms with E-state index >= 15 is 0 Å². The molecule has 0 amide bonds. The van der Waals surface area contributed by atoms with Crippen LogP contribution in [0, 0.1) is 6.92 Å². The first-order chi connectivity index (χ1) is 14.7. The van der Waals surface area contributed by atoms with Crippen LogP contribution in [0.4, 0.5) is 0 Å². The molecule has 1 aliphatic carbocycles. The van der Waals surface area contributed by atoms with E-state index in [0.717, 1.165) is 12.8 Å². The van der Waals surface area contributed by atoms with E-state index in [1.807, 2.05) is 13.8 Å². The molecular weight excluding hydrogens is 364 g/mol. The Labute approximate surface area is 177 Å². The molecule has 2 aromatic heterocycles. The molecule has 2 N–H and O–H groups in total. The number of para-hydroxylation sites is 1. The Morgan fingerprint density at radius 2 is 1.37 bits per heavy atom. The number of rotatable bonds is 1. The van der Waals surface area contributed by atoms with E-state index in [1.54, 1.807) is 0 Å². The van der Waals surface area contributed by atoms with Gasteiger partial charge in [0.05, 0.1) is 11.0 Å². The lowest BCUT2D eigenvalue weighted by Gasteiger charge is -2.21. The van der Waals surface area contributed by atoms with Crippen LogP contribution in [0.3, 0.4) is 0 Å². The molecule has 2 nitrogen and oxygen atoms in total. The lowest BCUT2D eigenvalue weighted by Crippen LogP contribution is -2.08. The van der Waals surface area contributed by atoms with Gasteiger partial charge in [-0.05, 0) is 42.2 Å². The van der Waals surface area contributed by atoms with Gasteiger partial charge in [0.25, 0.3) is 0 Å². The van der Waals surface area contributed by atoms with Crippen LogP contribution in [-0.4, -0.2) is 9.97 Å². The molecule has 0 atom stereocenters. The highest BCUT2D eigenvalue weighted by Crippen LogP contribution is 2.38. The molecule has 6 rings (SSSR count). The molecule has 2 heteroatoms. The Morgan fingerprint density at radius 1 is 0.733 bits per heavy atom. The maximum Gasteiger partial charge on any atom is 0.0503 e. The second-order valence-corrected chi connectivity index (χ2v) is 7.94. The zero-order valence-electron chi connectivity index (χ0n) is 18.2. The number of aromatic nitrogens is 2. The number of hydrogen-bond donors (Lipinski definition) is 2. The van der Waals surface area contributed by atoms with E-state index < -0.39 is 0 Å². The third-order valence-electron chi connectivity index (χ3n) is 6.37.